The monoisotopic (exact) mass is 283 g/mol. The number of amides is 1. The molecule has 0 unspecified atom stereocenters. The molecule has 0 fully saturated rings. The van der Waals surface area contributed by atoms with Gasteiger partial charge in [-0.25, -0.2) is 0 Å². The van der Waals surface area contributed by atoms with Crippen LogP contribution in [0.15, 0.2) is 48.5 Å². The van der Waals surface area contributed by atoms with Gasteiger partial charge in [0.2, 0.25) is 0 Å². The van der Waals surface area contributed by atoms with E-state index in [1.165, 1.54) is 5.56 Å². The topological polar surface area (TPSA) is 49.8 Å². The fourth-order valence-corrected chi connectivity index (χ4v) is 2.51. The Morgan fingerprint density at radius 2 is 1.95 bits per heavy atom. The van der Waals surface area contributed by atoms with Gasteiger partial charge >= 0.3 is 0 Å². The first-order chi connectivity index (χ1) is 10.2. The molecule has 0 saturated heterocycles. The lowest BCUT2D eigenvalue weighted by atomic mass is 9.99. The van der Waals surface area contributed by atoms with E-state index in [4.69, 9.17) is 4.74 Å². The van der Waals surface area contributed by atoms with Crippen molar-refractivity contribution in [3.63, 3.8) is 0 Å². The molecular formula is C17H17NO3. The molecule has 1 amide bonds. The van der Waals surface area contributed by atoms with Crippen LogP contribution in [-0.2, 0) is 17.8 Å². The van der Waals surface area contributed by atoms with Crippen molar-refractivity contribution in [2.24, 2.45) is 0 Å². The minimum Gasteiger partial charge on any atom is -0.508 e. The van der Waals surface area contributed by atoms with E-state index in [0.29, 0.717) is 18.8 Å². The first kappa shape index (κ1) is 13.5. The highest BCUT2D eigenvalue weighted by atomic mass is 16.5. The second kappa shape index (κ2) is 5.87. The smallest absolute Gasteiger partial charge is 0.260 e. The third-order valence-corrected chi connectivity index (χ3v) is 3.66. The maximum absolute atomic E-state index is 12.2. The maximum Gasteiger partial charge on any atom is 0.260 e. The molecule has 1 N–H and O–H groups in total. The van der Waals surface area contributed by atoms with E-state index in [1.54, 1.807) is 17.0 Å². The van der Waals surface area contributed by atoms with Gasteiger partial charge in [0.05, 0.1) is 0 Å². The van der Waals surface area contributed by atoms with Crippen molar-refractivity contribution >= 4 is 5.91 Å². The number of phenols is 1. The van der Waals surface area contributed by atoms with Crippen molar-refractivity contribution in [3.8, 4) is 11.5 Å². The number of carbonyl (C=O) groups is 1. The second-order valence-corrected chi connectivity index (χ2v) is 5.12. The van der Waals surface area contributed by atoms with Crippen LogP contribution < -0.4 is 4.74 Å². The van der Waals surface area contributed by atoms with Crippen molar-refractivity contribution in [2.75, 3.05) is 13.2 Å². The molecule has 0 aromatic heterocycles. The number of para-hydroxylation sites is 1. The van der Waals surface area contributed by atoms with E-state index in [0.717, 1.165) is 12.0 Å². The molecule has 3 rings (SSSR count). The Morgan fingerprint density at radius 3 is 2.76 bits per heavy atom. The van der Waals surface area contributed by atoms with Gasteiger partial charge in [-0.1, -0.05) is 24.3 Å². The van der Waals surface area contributed by atoms with Crippen LogP contribution in [0.1, 0.15) is 11.1 Å². The minimum atomic E-state index is -0.0344. The minimum absolute atomic E-state index is 0.0344. The SMILES string of the molecule is O=C(COc1ccccc1)N1CCc2ccc(O)cc2C1. The van der Waals surface area contributed by atoms with E-state index in [-0.39, 0.29) is 18.3 Å². The molecular weight excluding hydrogens is 266 g/mol. The highest BCUT2D eigenvalue weighted by molar-refractivity contribution is 5.78. The quantitative estimate of drug-likeness (QED) is 0.940. The molecule has 108 valence electrons. The highest BCUT2D eigenvalue weighted by Gasteiger charge is 2.21. The van der Waals surface area contributed by atoms with E-state index in [2.05, 4.69) is 0 Å². The van der Waals surface area contributed by atoms with Gasteiger partial charge in [-0.2, -0.15) is 0 Å². The van der Waals surface area contributed by atoms with Crippen LogP contribution >= 0.6 is 0 Å². The third-order valence-electron chi connectivity index (χ3n) is 3.66. The summed E-state index contributed by atoms with van der Waals surface area (Å²) in [5, 5.41) is 9.54. The van der Waals surface area contributed by atoms with E-state index in [9.17, 15) is 9.90 Å². The molecule has 2 aromatic rings. The van der Waals surface area contributed by atoms with Gasteiger partial charge in [-0.05, 0) is 41.8 Å². The van der Waals surface area contributed by atoms with Gasteiger partial charge in [-0.15, -0.1) is 0 Å². The summed E-state index contributed by atoms with van der Waals surface area (Å²) in [6.07, 6.45) is 0.812. The van der Waals surface area contributed by atoms with Crippen LogP contribution in [0, 0.1) is 0 Å². The molecule has 21 heavy (non-hydrogen) atoms. The Hall–Kier alpha value is -2.49. The molecule has 0 bridgehead atoms. The summed E-state index contributed by atoms with van der Waals surface area (Å²) < 4.78 is 5.49. The predicted octanol–water partition coefficient (Wildman–Crippen LogP) is 2.36. The summed E-state index contributed by atoms with van der Waals surface area (Å²) in [5.41, 5.74) is 2.20. The molecule has 0 aliphatic carbocycles. The summed E-state index contributed by atoms with van der Waals surface area (Å²) in [7, 11) is 0. The number of phenolic OH excluding ortho intramolecular Hbond substituents is 1. The van der Waals surface area contributed by atoms with Crippen LogP contribution in [0.5, 0.6) is 11.5 Å². The summed E-state index contributed by atoms with van der Waals surface area (Å²) in [4.78, 5) is 14.0. The zero-order valence-corrected chi connectivity index (χ0v) is 11.7. The molecule has 0 spiro atoms. The number of ether oxygens (including phenoxy) is 1. The Balaban J connectivity index is 1.61. The first-order valence-corrected chi connectivity index (χ1v) is 6.99. The number of rotatable bonds is 3. The largest absolute Gasteiger partial charge is 0.508 e. The number of hydrogen-bond donors (Lipinski definition) is 1. The fraction of sp³-hybridized carbons (Fsp3) is 0.235. The molecule has 4 heteroatoms. The molecule has 0 atom stereocenters. The lowest BCUT2D eigenvalue weighted by Gasteiger charge is -2.29. The van der Waals surface area contributed by atoms with Crippen molar-refractivity contribution in [1.29, 1.82) is 0 Å². The molecule has 1 aliphatic rings. The summed E-state index contributed by atoms with van der Waals surface area (Å²) in [6, 6.07) is 14.7. The average molecular weight is 283 g/mol. The number of carbonyl (C=O) groups excluding carboxylic acids is 1. The Kier molecular flexibility index (Phi) is 3.77. The molecule has 0 radical (unpaired) electrons. The van der Waals surface area contributed by atoms with Gasteiger partial charge in [0.1, 0.15) is 11.5 Å². The van der Waals surface area contributed by atoms with Gasteiger partial charge in [0, 0.05) is 13.1 Å². The van der Waals surface area contributed by atoms with Crippen molar-refractivity contribution < 1.29 is 14.6 Å². The van der Waals surface area contributed by atoms with Crippen molar-refractivity contribution in [1.82, 2.24) is 4.90 Å². The van der Waals surface area contributed by atoms with Crippen LogP contribution in [0.4, 0.5) is 0 Å². The van der Waals surface area contributed by atoms with Gasteiger partial charge in [0.15, 0.2) is 6.61 Å². The van der Waals surface area contributed by atoms with Crippen LogP contribution in [0.25, 0.3) is 0 Å². The number of hydrogen-bond acceptors (Lipinski definition) is 3. The number of nitrogens with zero attached hydrogens (tertiary/aromatic N) is 1. The third kappa shape index (κ3) is 3.16. The fourth-order valence-electron chi connectivity index (χ4n) is 2.51. The van der Waals surface area contributed by atoms with Gasteiger partial charge < -0.3 is 14.7 Å². The standard InChI is InChI=1S/C17H17NO3/c19-15-7-6-13-8-9-18(11-14(13)10-15)17(20)12-21-16-4-2-1-3-5-16/h1-7,10,19H,8-9,11-12H2. The second-order valence-electron chi connectivity index (χ2n) is 5.12. The molecule has 2 aromatic carbocycles. The molecule has 0 saturated carbocycles. The predicted molar refractivity (Wildman–Crippen MR) is 79.2 cm³/mol. The summed E-state index contributed by atoms with van der Waals surface area (Å²) in [5.74, 6) is 0.900. The molecule has 1 aliphatic heterocycles. The van der Waals surface area contributed by atoms with E-state index in [1.807, 2.05) is 36.4 Å². The Labute approximate surface area is 123 Å². The van der Waals surface area contributed by atoms with Gasteiger partial charge in [-0.3, -0.25) is 4.79 Å². The Morgan fingerprint density at radius 1 is 1.14 bits per heavy atom. The van der Waals surface area contributed by atoms with E-state index < -0.39 is 0 Å². The van der Waals surface area contributed by atoms with Crippen molar-refractivity contribution in [2.45, 2.75) is 13.0 Å². The van der Waals surface area contributed by atoms with Crippen LogP contribution in [0.3, 0.4) is 0 Å². The van der Waals surface area contributed by atoms with Crippen LogP contribution in [0.2, 0.25) is 0 Å². The summed E-state index contributed by atoms with van der Waals surface area (Å²) >= 11 is 0. The highest BCUT2D eigenvalue weighted by Crippen LogP contribution is 2.23. The lowest BCUT2D eigenvalue weighted by molar-refractivity contribution is -0.134. The number of benzene rings is 2. The van der Waals surface area contributed by atoms with Gasteiger partial charge in [0.25, 0.3) is 5.91 Å². The first-order valence-electron chi connectivity index (χ1n) is 6.99. The molecule has 4 nitrogen and oxygen atoms in total. The number of aromatic hydroxyl groups is 1. The zero-order valence-electron chi connectivity index (χ0n) is 11.7. The number of fused-ring (bicyclic) bond motifs is 1. The van der Waals surface area contributed by atoms with E-state index >= 15 is 0 Å². The Bertz CT molecular complexity index is 640. The average Bonchev–Trinajstić information content (AvgIpc) is 2.53. The lowest BCUT2D eigenvalue weighted by Crippen LogP contribution is -2.38. The van der Waals surface area contributed by atoms with Crippen LogP contribution in [-0.4, -0.2) is 29.1 Å². The maximum atomic E-state index is 12.2. The summed E-state index contributed by atoms with van der Waals surface area (Å²) in [6.45, 7) is 1.26. The molecule has 1 heterocycles. The normalized spacial score (nSPS) is 13.6. The zero-order chi connectivity index (χ0) is 14.7. The van der Waals surface area contributed by atoms with Crippen molar-refractivity contribution in [3.05, 3.63) is 59.7 Å².